The van der Waals surface area contributed by atoms with Crippen molar-refractivity contribution >= 4 is 22.9 Å². The molecule has 10 heteroatoms. The summed E-state index contributed by atoms with van der Waals surface area (Å²) in [6.45, 7) is 1.83. The predicted molar refractivity (Wildman–Crippen MR) is 109 cm³/mol. The van der Waals surface area contributed by atoms with Gasteiger partial charge in [-0.2, -0.15) is 4.98 Å². The van der Waals surface area contributed by atoms with Crippen LogP contribution in [-0.4, -0.2) is 43.3 Å². The van der Waals surface area contributed by atoms with Crippen LogP contribution in [0.15, 0.2) is 40.1 Å². The number of aryl methyl sites for hydroxylation is 2. The zero-order valence-electron chi connectivity index (χ0n) is 17.1. The summed E-state index contributed by atoms with van der Waals surface area (Å²) in [5.41, 5.74) is 1.15. The smallest absolute Gasteiger partial charge is 0.332 e. The number of benzene rings is 1. The Bertz CT molecular complexity index is 1410. The summed E-state index contributed by atoms with van der Waals surface area (Å²) in [6.07, 6.45) is 1.71. The third-order valence-corrected chi connectivity index (χ3v) is 5.10. The van der Waals surface area contributed by atoms with Crippen molar-refractivity contribution in [1.82, 2.24) is 23.1 Å². The summed E-state index contributed by atoms with van der Waals surface area (Å²) >= 11 is 0. The number of carbonyl (C=O) groups excluding carboxylic acids is 1. The monoisotopic (exact) mass is 411 g/mol. The first-order chi connectivity index (χ1) is 14.4. The highest BCUT2D eigenvalue weighted by atomic mass is 16.5. The van der Waals surface area contributed by atoms with Gasteiger partial charge in [-0.15, -0.1) is 0 Å². The molecular weight excluding hydrogens is 390 g/mol. The number of aromatic nitrogens is 5. The number of esters is 1. The minimum atomic E-state index is -0.540. The van der Waals surface area contributed by atoms with Crippen LogP contribution < -0.4 is 16.0 Å². The average molecular weight is 411 g/mol. The van der Waals surface area contributed by atoms with Crippen molar-refractivity contribution in [2.24, 2.45) is 7.05 Å². The Morgan fingerprint density at radius 1 is 1.20 bits per heavy atom. The highest BCUT2D eigenvalue weighted by Gasteiger charge is 2.21. The Hall–Kier alpha value is -3.82. The molecule has 0 atom stereocenters. The molecule has 0 radical (unpaired) electrons. The van der Waals surface area contributed by atoms with Gasteiger partial charge in [-0.25, -0.2) is 4.79 Å². The van der Waals surface area contributed by atoms with Gasteiger partial charge < -0.3 is 9.47 Å². The maximum Gasteiger partial charge on any atom is 0.332 e. The molecule has 0 fully saturated rings. The van der Waals surface area contributed by atoms with Crippen LogP contribution in [0, 0.1) is 6.92 Å². The van der Waals surface area contributed by atoms with Crippen LogP contribution in [0.2, 0.25) is 0 Å². The number of imidazole rings is 2. The molecule has 10 nitrogen and oxygen atoms in total. The van der Waals surface area contributed by atoms with E-state index in [1.165, 1.54) is 11.7 Å². The summed E-state index contributed by atoms with van der Waals surface area (Å²) in [6, 6.07) is 7.47. The van der Waals surface area contributed by atoms with E-state index in [9.17, 15) is 14.4 Å². The van der Waals surface area contributed by atoms with Gasteiger partial charge in [-0.1, -0.05) is 6.07 Å². The molecule has 0 aliphatic heterocycles. The van der Waals surface area contributed by atoms with Crippen LogP contribution in [0.3, 0.4) is 0 Å². The van der Waals surface area contributed by atoms with Gasteiger partial charge >= 0.3 is 11.7 Å². The Balaban J connectivity index is 1.99. The summed E-state index contributed by atoms with van der Waals surface area (Å²) in [5, 5.41) is 0. The third kappa shape index (κ3) is 2.88. The molecule has 3 heterocycles. The van der Waals surface area contributed by atoms with Crippen molar-refractivity contribution in [3.63, 3.8) is 0 Å². The van der Waals surface area contributed by atoms with E-state index in [-0.39, 0.29) is 24.1 Å². The van der Waals surface area contributed by atoms with Crippen molar-refractivity contribution in [1.29, 1.82) is 0 Å². The summed E-state index contributed by atoms with van der Waals surface area (Å²) in [4.78, 5) is 41.9. The predicted octanol–water partition coefficient (Wildman–Crippen LogP) is 1.02. The van der Waals surface area contributed by atoms with Gasteiger partial charge in [-0.3, -0.25) is 27.7 Å². The number of ether oxygens (including phenoxy) is 2. The molecule has 0 spiro atoms. The lowest BCUT2D eigenvalue weighted by molar-refractivity contribution is -0.140. The largest absolute Gasteiger partial charge is 0.497 e. The van der Waals surface area contributed by atoms with Gasteiger partial charge in [0.2, 0.25) is 5.78 Å². The summed E-state index contributed by atoms with van der Waals surface area (Å²) in [7, 11) is 4.40. The van der Waals surface area contributed by atoms with E-state index >= 15 is 0 Å². The second kappa shape index (κ2) is 7.21. The molecule has 0 unspecified atom stereocenters. The van der Waals surface area contributed by atoms with Crippen molar-refractivity contribution in [3.8, 4) is 11.4 Å². The van der Waals surface area contributed by atoms with Crippen molar-refractivity contribution in [3.05, 3.63) is 57.0 Å². The summed E-state index contributed by atoms with van der Waals surface area (Å²) < 4.78 is 15.8. The zero-order valence-corrected chi connectivity index (χ0v) is 17.1. The molecule has 1 aromatic carbocycles. The average Bonchev–Trinajstić information content (AvgIpc) is 3.26. The van der Waals surface area contributed by atoms with Crippen molar-refractivity contribution < 1.29 is 14.3 Å². The van der Waals surface area contributed by atoms with Crippen molar-refractivity contribution in [2.75, 3.05) is 14.2 Å². The van der Waals surface area contributed by atoms with Crippen molar-refractivity contribution in [2.45, 2.75) is 19.9 Å². The van der Waals surface area contributed by atoms with Crippen LogP contribution in [-0.2, 0) is 23.1 Å². The minimum Gasteiger partial charge on any atom is -0.497 e. The topological polar surface area (TPSA) is 102 Å². The maximum absolute atomic E-state index is 13.1. The molecule has 0 amide bonds. The number of carbonyl (C=O) groups is 1. The molecular formula is C20H21N5O5. The van der Waals surface area contributed by atoms with Gasteiger partial charge in [0.1, 0.15) is 5.75 Å². The van der Waals surface area contributed by atoms with Gasteiger partial charge in [0.15, 0.2) is 11.2 Å². The fourth-order valence-corrected chi connectivity index (χ4v) is 3.58. The van der Waals surface area contributed by atoms with Gasteiger partial charge in [0.25, 0.3) is 5.56 Å². The van der Waals surface area contributed by atoms with E-state index in [2.05, 4.69) is 9.72 Å². The molecule has 0 N–H and O–H groups in total. The normalized spacial score (nSPS) is 11.3. The molecule has 30 heavy (non-hydrogen) atoms. The molecule has 4 rings (SSSR count). The van der Waals surface area contributed by atoms with Crippen LogP contribution in [0.5, 0.6) is 5.75 Å². The molecule has 156 valence electrons. The van der Waals surface area contributed by atoms with E-state index in [4.69, 9.17) is 4.74 Å². The highest BCUT2D eigenvalue weighted by molar-refractivity contribution is 5.76. The first kappa shape index (κ1) is 19.5. The number of hydrogen-bond acceptors (Lipinski definition) is 6. The van der Waals surface area contributed by atoms with Crippen LogP contribution in [0.25, 0.3) is 22.6 Å². The number of fused-ring (bicyclic) bond motifs is 3. The molecule has 0 aliphatic carbocycles. The third-order valence-electron chi connectivity index (χ3n) is 5.10. The minimum absolute atomic E-state index is 0.0725. The lowest BCUT2D eigenvalue weighted by Crippen LogP contribution is -2.39. The number of nitrogens with zero attached hydrogens (tertiary/aromatic N) is 5. The zero-order chi connectivity index (χ0) is 21.6. The van der Waals surface area contributed by atoms with E-state index in [0.717, 1.165) is 15.9 Å². The quantitative estimate of drug-likeness (QED) is 0.455. The SMILES string of the molecule is COC(=O)CCn1c(=O)c2c(nc3n(-c4cccc(OC)c4)c(C)cn23)n(C)c1=O. The molecule has 0 saturated carbocycles. The Morgan fingerprint density at radius 3 is 2.67 bits per heavy atom. The fraction of sp³-hybridized carbons (Fsp3) is 0.300. The first-order valence-corrected chi connectivity index (χ1v) is 9.28. The first-order valence-electron chi connectivity index (χ1n) is 9.28. The van der Waals surface area contributed by atoms with E-state index in [0.29, 0.717) is 11.5 Å². The van der Waals surface area contributed by atoms with Gasteiger partial charge in [-0.05, 0) is 19.1 Å². The molecule has 0 bridgehead atoms. The summed E-state index contributed by atoms with van der Waals surface area (Å²) in [5.74, 6) is 0.684. The van der Waals surface area contributed by atoms with Gasteiger partial charge in [0, 0.05) is 31.5 Å². The lowest BCUT2D eigenvalue weighted by Gasteiger charge is -2.08. The molecule has 0 saturated heterocycles. The van der Waals surface area contributed by atoms with E-state index in [1.807, 2.05) is 35.8 Å². The van der Waals surface area contributed by atoms with Gasteiger partial charge in [0.05, 0.1) is 26.3 Å². The van der Waals surface area contributed by atoms with Crippen LogP contribution in [0.1, 0.15) is 12.1 Å². The number of hydrogen-bond donors (Lipinski definition) is 0. The standard InChI is InChI=1S/C20H21N5O5/c1-12-11-24-16-17(21-19(24)25(12)13-6-5-7-14(10-13)29-3)22(2)20(28)23(18(16)27)9-8-15(26)30-4/h5-7,10-11H,8-9H2,1-4H3. The molecule has 0 aliphatic rings. The molecule has 3 aromatic heterocycles. The number of methoxy groups -OCH3 is 2. The highest BCUT2D eigenvalue weighted by Crippen LogP contribution is 2.23. The second-order valence-corrected chi connectivity index (χ2v) is 6.89. The number of rotatable bonds is 5. The van der Waals surface area contributed by atoms with Crippen LogP contribution in [0.4, 0.5) is 0 Å². The van der Waals surface area contributed by atoms with E-state index in [1.54, 1.807) is 24.8 Å². The Kier molecular flexibility index (Phi) is 4.69. The van der Waals surface area contributed by atoms with Crippen LogP contribution >= 0.6 is 0 Å². The Morgan fingerprint density at radius 2 is 1.97 bits per heavy atom. The van der Waals surface area contributed by atoms with E-state index < -0.39 is 17.2 Å². The Labute approximate surface area is 170 Å². The second-order valence-electron chi connectivity index (χ2n) is 6.89. The molecule has 4 aromatic rings. The fourth-order valence-electron chi connectivity index (χ4n) is 3.58. The maximum atomic E-state index is 13.1. The lowest BCUT2D eigenvalue weighted by atomic mass is 10.3.